The molecule has 0 aliphatic rings. The van der Waals surface area contributed by atoms with Gasteiger partial charge in [-0.25, -0.2) is 0 Å². The van der Waals surface area contributed by atoms with Gasteiger partial charge in [-0.15, -0.1) is 0 Å². The first-order valence-electron chi connectivity index (χ1n) is 4.17. The van der Waals surface area contributed by atoms with E-state index in [9.17, 15) is 14.4 Å². The highest BCUT2D eigenvalue weighted by molar-refractivity contribution is 6.01. The first kappa shape index (κ1) is 11.0. The molecule has 0 unspecified atom stereocenters. The molecular weight excluding hydrogens is 200 g/mol. The molecule has 0 aliphatic heterocycles. The second kappa shape index (κ2) is 4.41. The molecule has 0 aromatic carbocycles. The molecule has 0 fully saturated rings. The molecule has 1 rings (SSSR count). The quantitative estimate of drug-likeness (QED) is 0.676. The van der Waals surface area contributed by atoms with Gasteiger partial charge in [0.15, 0.2) is 0 Å². The lowest BCUT2D eigenvalue weighted by molar-refractivity contribution is -0.139. The van der Waals surface area contributed by atoms with Crippen LogP contribution < -0.4 is 10.9 Å². The molecule has 0 aliphatic carbocycles. The number of carboxylic acids is 1. The molecule has 80 valence electrons. The Balaban J connectivity index is 2.73. The van der Waals surface area contributed by atoms with E-state index < -0.39 is 18.3 Å². The third kappa shape index (κ3) is 3.26. The summed E-state index contributed by atoms with van der Waals surface area (Å²) < 4.78 is 1.29. The predicted octanol–water partition coefficient (Wildman–Crippen LogP) is -0.202. The van der Waals surface area contributed by atoms with Crippen LogP contribution in [0.25, 0.3) is 0 Å². The van der Waals surface area contributed by atoms with E-state index in [1.807, 2.05) is 0 Å². The number of hydrogen-bond donors (Lipinski definition) is 2. The number of nitrogens with one attached hydrogen (secondary N) is 1. The van der Waals surface area contributed by atoms with Gasteiger partial charge in [-0.05, 0) is 6.07 Å². The molecule has 6 heteroatoms. The zero-order valence-electron chi connectivity index (χ0n) is 8.06. The third-order valence-electron chi connectivity index (χ3n) is 1.68. The van der Waals surface area contributed by atoms with E-state index in [0.717, 1.165) is 0 Å². The van der Waals surface area contributed by atoms with E-state index >= 15 is 0 Å². The van der Waals surface area contributed by atoms with Crippen LogP contribution in [0.5, 0.6) is 0 Å². The van der Waals surface area contributed by atoms with Crippen LogP contribution in [0.3, 0.4) is 0 Å². The Morgan fingerprint density at radius 1 is 1.47 bits per heavy atom. The molecule has 6 nitrogen and oxygen atoms in total. The maximum Gasteiger partial charge on any atom is 0.312 e. The van der Waals surface area contributed by atoms with Crippen molar-refractivity contribution in [1.29, 1.82) is 0 Å². The number of aliphatic carboxylic acids is 1. The van der Waals surface area contributed by atoms with Gasteiger partial charge in [-0.2, -0.15) is 0 Å². The Kier molecular flexibility index (Phi) is 3.22. The van der Waals surface area contributed by atoms with Crippen molar-refractivity contribution >= 4 is 17.6 Å². The van der Waals surface area contributed by atoms with Crippen molar-refractivity contribution in [2.45, 2.75) is 6.42 Å². The molecular formula is C9H10N2O4. The number of amides is 1. The molecule has 15 heavy (non-hydrogen) atoms. The second-order valence-electron chi connectivity index (χ2n) is 2.99. The number of nitrogens with zero attached hydrogens (tertiary/aromatic N) is 1. The number of hydrogen-bond acceptors (Lipinski definition) is 3. The van der Waals surface area contributed by atoms with E-state index in [2.05, 4.69) is 5.32 Å². The van der Waals surface area contributed by atoms with E-state index in [0.29, 0.717) is 5.69 Å². The number of carboxylic acid groups (broad SMARTS) is 1. The minimum Gasteiger partial charge on any atom is -0.481 e. The van der Waals surface area contributed by atoms with Crippen molar-refractivity contribution in [3.63, 3.8) is 0 Å². The zero-order chi connectivity index (χ0) is 11.4. The summed E-state index contributed by atoms with van der Waals surface area (Å²) in [6, 6.07) is 2.71. The van der Waals surface area contributed by atoms with Crippen molar-refractivity contribution in [2.24, 2.45) is 7.05 Å². The lowest BCUT2D eigenvalue weighted by Gasteiger charge is -2.04. The van der Waals surface area contributed by atoms with Gasteiger partial charge in [-0.3, -0.25) is 14.4 Å². The number of rotatable bonds is 3. The normalized spacial score (nSPS) is 9.67. The summed E-state index contributed by atoms with van der Waals surface area (Å²) >= 11 is 0. The van der Waals surface area contributed by atoms with Crippen LogP contribution in [0.2, 0.25) is 0 Å². The number of aryl methyl sites for hydroxylation is 1. The summed E-state index contributed by atoms with van der Waals surface area (Å²) in [5, 5.41) is 10.7. The number of carbonyl (C=O) groups is 2. The first-order chi connectivity index (χ1) is 6.99. The van der Waals surface area contributed by atoms with Crippen LogP contribution in [0, 0.1) is 0 Å². The summed E-state index contributed by atoms with van der Waals surface area (Å²) in [7, 11) is 1.54. The van der Waals surface area contributed by atoms with Gasteiger partial charge in [-0.1, -0.05) is 0 Å². The highest BCUT2D eigenvalue weighted by Crippen LogP contribution is 2.02. The third-order valence-corrected chi connectivity index (χ3v) is 1.68. The fourth-order valence-corrected chi connectivity index (χ4v) is 1.01. The predicted molar refractivity (Wildman–Crippen MR) is 52.6 cm³/mol. The SMILES string of the molecule is Cn1cc(NC(=O)CC(=O)O)ccc1=O. The number of aromatic nitrogens is 1. The Bertz CT molecular complexity index is 450. The Morgan fingerprint density at radius 2 is 2.13 bits per heavy atom. The van der Waals surface area contributed by atoms with E-state index in [4.69, 9.17) is 5.11 Å². The molecule has 1 heterocycles. The maximum atomic E-state index is 11.0. The van der Waals surface area contributed by atoms with E-state index in [1.165, 1.54) is 29.9 Å². The Morgan fingerprint density at radius 3 is 2.67 bits per heavy atom. The molecule has 0 bridgehead atoms. The monoisotopic (exact) mass is 210 g/mol. The van der Waals surface area contributed by atoms with Crippen LogP contribution in [0.1, 0.15) is 6.42 Å². The van der Waals surface area contributed by atoms with E-state index in [-0.39, 0.29) is 5.56 Å². The minimum atomic E-state index is -1.20. The van der Waals surface area contributed by atoms with Crippen LogP contribution in [0.4, 0.5) is 5.69 Å². The second-order valence-corrected chi connectivity index (χ2v) is 2.99. The standard InChI is InChI=1S/C9H10N2O4/c1-11-5-6(2-3-8(11)13)10-7(12)4-9(14)15/h2-3,5H,4H2,1H3,(H,10,12)(H,14,15). The van der Waals surface area contributed by atoms with E-state index in [1.54, 1.807) is 0 Å². The zero-order valence-corrected chi connectivity index (χ0v) is 8.06. The first-order valence-corrected chi connectivity index (χ1v) is 4.17. The summed E-state index contributed by atoms with van der Waals surface area (Å²) in [6.07, 6.45) is 0.824. The van der Waals surface area contributed by atoms with Crippen LogP contribution in [-0.4, -0.2) is 21.6 Å². The lowest BCUT2D eigenvalue weighted by atomic mass is 10.3. The smallest absolute Gasteiger partial charge is 0.312 e. The van der Waals surface area contributed by atoms with Gasteiger partial charge in [0.1, 0.15) is 6.42 Å². The van der Waals surface area contributed by atoms with Crippen molar-refractivity contribution in [2.75, 3.05) is 5.32 Å². The Hall–Kier alpha value is -2.11. The topological polar surface area (TPSA) is 88.4 Å². The van der Waals surface area contributed by atoms with Gasteiger partial charge in [0, 0.05) is 19.3 Å². The average molecular weight is 210 g/mol. The summed E-state index contributed by atoms with van der Waals surface area (Å²) in [5.41, 5.74) is 0.189. The van der Waals surface area contributed by atoms with Crippen molar-refractivity contribution in [1.82, 2.24) is 4.57 Å². The van der Waals surface area contributed by atoms with Gasteiger partial charge < -0.3 is 15.0 Å². The molecule has 0 spiro atoms. The molecule has 1 aromatic rings. The number of carbonyl (C=O) groups excluding carboxylic acids is 1. The van der Waals surface area contributed by atoms with Gasteiger partial charge >= 0.3 is 5.97 Å². The molecule has 0 saturated heterocycles. The van der Waals surface area contributed by atoms with Crippen LogP contribution in [0.15, 0.2) is 23.1 Å². The molecule has 2 N–H and O–H groups in total. The summed E-state index contributed by atoms with van der Waals surface area (Å²) in [4.78, 5) is 32.2. The highest BCUT2D eigenvalue weighted by Gasteiger charge is 2.07. The molecule has 1 amide bonds. The number of pyridine rings is 1. The largest absolute Gasteiger partial charge is 0.481 e. The summed E-state index contributed by atoms with van der Waals surface area (Å²) in [6.45, 7) is 0. The highest BCUT2D eigenvalue weighted by atomic mass is 16.4. The maximum absolute atomic E-state index is 11.0. The van der Waals surface area contributed by atoms with Crippen LogP contribution >= 0.6 is 0 Å². The molecule has 0 saturated carbocycles. The fourth-order valence-electron chi connectivity index (χ4n) is 1.01. The summed E-state index contributed by atoms with van der Waals surface area (Å²) in [5.74, 6) is -1.82. The van der Waals surface area contributed by atoms with Crippen molar-refractivity contribution in [3.05, 3.63) is 28.7 Å². The molecule has 1 aromatic heterocycles. The van der Waals surface area contributed by atoms with Crippen LogP contribution in [-0.2, 0) is 16.6 Å². The van der Waals surface area contributed by atoms with Gasteiger partial charge in [0.2, 0.25) is 11.5 Å². The molecule has 0 radical (unpaired) electrons. The number of anilines is 1. The lowest BCUT2D eigenvalue weighted by Crippen LogP contribution is -2.19. The van der Waals surface area contributed by atoms with Gasteiger partial charge in [0.05, 0.1) is 5.69 Å². The molecule has 0 atom stereocenters. The van der Waals surface area contributed by atoms with Gasteiger partial charge in [0.25, 0.3) is 0 Å². The minimum absolute atomic E-state index is 0.203. The van der Waals surface area contributed by atoms with Crippen molar-refractivity contribution in [3.8, 4) is 0 Å². The van der Waals surface area contributed by atoms with Crippen molar-refractivity contribution < 1.29 is 14.7 Å². The fraction of sp³-hybridized carbons (Fsp3) is 0.222. The average Bonchev–Trinajstić information content (AvgIpc) is 2.10. The Labute approximate surface area is 85.1 Å².